The summed E-state index contributed by atoms with van der Waals surface area (Å²) in [4.78, 5) is 0. The minimum Gasteiger partial charge on any atom is -0.328 e. The highest BCUT2D eigenvalue weighted by Crippen LogP contribution is 2.18. The van der Waals surface area contributed by atoms with Crippen molar-refractivity contribution in [1.82, 2.24) is 4.72 Å². The monoisotopic (exact) mass is 190 g/mol. The molecule has 5 heteroatoms. The minimum absolute atomic E-state index is 0.0151. The molecule has 12 heavy (non-hydrogen) atoms. The summed E-state index contributed by atoms with van der Waals surface area (Å²) in [5, 5.41) is 0. The van der Waals surface area contributed by atoms with Crippen molar-refractivity contribution in [2.24, 2.45) is 5.73 Å². The van der Waals surface area contributed by atoms with E-state index >= 15 is 0 Å². The van der Waals surface area contributed by atoms with E-state index in [-0.39, 0.29) is 17.8 Å². The molecule has 1 fully saturated rings. The zero-order chi connectivity index (χ0) is 9.19. The van der Waals surface area contributed by atoms with Crippen LogP contribution in [0.1, 0.15) is 12.8 Å². The van der Waals surface area contributed by atoms with E-state index in [1.807, 2.05) is 0 Å². The largest absolute Gasteiger partial charge is 0.328 e. The van der Waals surface area contributed by atoms with Crippen LogP contribution in [0.3, 0.4) is 0 Å². The summed E-state index contributed by atoms with van der Waals surface area (Å²) in [6.07, 6.45) is 2.87. The van der Waals surface area contributed by atoms with Crippen LogP contribution in [0, 0.1) is 0 Å². The van der Waals surface area contributed by atoms with Crippen molar-refractivity contribution in [1.29, 1.82) is 0 Å². The zero-order valence-electron chi connectivity index (χ0n) is 6.86. The van der Waals surface area contributed by atoms with Crippen molar-refractivity contribution in [2.45, 2.75) is 24.9 Å². The highest BCUT2D eigenvalue weighted by atomic mass is 32.2. The fourth-order valence-electron chi connectivity index (χ4n) is 1.22. The third-order valence-corrected chi connectivity index (χ3v) is 3.23. The highest BCUT2D eigenvalue weighted by molar-refractivity contribution is 7.89. The first-order valence-electron chi connectivity index (χ1n) is 3.90. The van der Waals surface area contributed by atoms with E-state index in [0.717, 1.165) is 12.8 Å². The van der Waals surface area contributed by atoms with Gasteiger partial charge in [-0.2, -0.15) is 0 Å². The second kappa shape index (κ2) is 3.55. The highest BCUT2D eigenvalue weighted by Gasteiger charge is 2.28. The fraction of sp³-hybridized carbons (Fsp3) is 0.714. The van der Waals surface area contributed by atoms with E-state index in [4.69, 9.17) is 5.73 Å². The maximum atomic E-state index is 11.1. The van der Waals surface area contributed by atoms with Crippen molar-refractivity contribution < 1.29 is 8.42 Å². The smallest absolute Gasteiger partial charge is 0.215 e. The predicted octanol–water partition coefficient (Wildman–Crippen LogP) is -0.418. The third-order valence-electron chi connectivity index (χ3n) is 1.86. The Bertz CT molecular complexity index is 255. The Labute approximate surface area is 72.9 Å². The van der Waals surface area contributed by atoms with Crippen molar-refractivity contribution in [3.63, 3.8) is 0 Å². The molecule has 0 saturated heterocycles. The predicted molar refractivity (Wildman–Crippen MR) is 48.1 cm³/mol. The molecular weight excluding hydrogens is 176 g/mol. The zero-order valence-corrected chi connectivity index (χ0v) is 7.68. The molecule has 70 valence electrons. The molecule has 0 radical (unpaired) electrons. The molecule has 0 heterocycles. The normalized spacial score (nSPS) is 29.4. The quantitative estimate of drug-likeness (QED) is 0.591. The van der Waals surface area contributed by atoms with Crippen molar-refractivity contribution in [3.8, 4) is 0 Å². The SMILES string of the molecule is C=CCS(=O)(=O)NC1CC(N)C1. The first-order valence-corrected chi connectivity index (χ1v) is 5.55. The first-order chi connectivity index (χ1) is 5.53. The maximum absolute atomic E-state index is 11.1. The number of hydrogen-bond donors (Lipinski definition) is 2. The Morgan fingerprint density at radius 1 is 1.58 bits per heavy atom. The standard InChI is InChI=1S/C7H14N2O2S/c1-2-3-12(10,11)9-7-4-6(8)5-7/h2,6-7,9H,1,3-5,8H2. The minimum atomic E-state index is -3.14. The molecule has 0 aliphatic heterocycles. The summed E-state index contributed by atoms with van der Waals surface area (Å²) in [7, 11) is -3.14. The Morgan fingerprint density at radius 2 is 2.17 bits per heavy atom. The molecule has 0 atom stereocenters. The lowest BCUT2D eigenvalue weighted by atomic mass is 9.89. The molecule has 0 aromatic carbocycles. The molecule has 0 unspecified atom stereocenters. The molecule has 0 aromatic rings. The maximum Gasteiger partial charge on any atom is 0.215 e. The van der Waals surface area contributed by atoms with Crippen LogP contribution in [-0.2, 0) is 10.0 Å². The van der Waals surface area contributed by atoms with Crippen LogP contribution in [-0.4, -0.2) is 26.3 Å². The molecule has 1 rings (SSSR count). The lowest BCUT2D eigenvalue weighted by Crippen LogP contribution is -2.50. The summed E-state index contributed by atoms with van der Waals surface area (Å²) in [5.41, 5.74) is 5.51. The van der Waals surface area contributed by atoms with E-state index in [0.29, 0.717) is 0 Å². The van der Waals surface area contributed by atoms with Crippen LogP contribution in [0.5, 0.6) is 0 Å². The number of hydrogen-bond acceptors (Lipinski definition) is 3. The van der Waals surface area contributed by atoms with E-state index in [2.05, 4.69) is 11.3 Å². The third kappa shape index (κ3) is 2.58. The van der Waals surface area contributed by atoms with Gasteiger partial charge in [-0.05, 0) is 12.8 Å². The molecule has 0 spiro atoms. The van der Waals surface area contributed by atoms with E-state index < -0.39 is 10.0 Å². The molecule has 0 bridgehead atoms. The van der Waals surface area contributed by atoms with Gasteiger partial charge in [-0.3, -0.25) is 0 Å². The van der Waals surface area contributed by atoms with Crippen LogP contribution >= 0.6 is 0 Å². The van der Waals surface area contributed by atoms with Crippen molar-refractivity contribution in [3.05, 3.63) is 12.7 Å². The van der Waals surface area contributed by atoms with Gasteiger partial charge in [-0.1, -0.05) is 6.08 Å². The number of sulfonamides is 1. The molecule has 1 saturated carbocycles. The van der Waals surface area contributed by atoms with Gasteiger partial charge in [-0.25, -0.2) is 13.1 Å². The van der Waals surface area contributed by atoms with Gasteiger partial charge >= 0.3 is 0 Å². The van der Waals surface area contributed by atoms with Crippen molar-refractivity contribution in [2.75, 3.05) is 5.75 Å². The average Bonchev–Trinajstić information content (AvgIpc) is 1.83. The van der Waals surface area contributed by atoms with Gasteiger partial charge in [0.15, 0.2) is 0 Å². The van der Waals surface area contributed by atoms with Crippen LogP contribution in [0.15, 0.2) is 12.7 Å². The van der Waals surface area contributed by atoms with Gasteiger partial charge in [0.1, 0.15) is 0 Å². The van der Waals surface area contributed by atoms with Crippen LogP contribution in [0.4, 0.5) is 0 Å². The summed E-state index contributed by atoms with van der Waals surface area (Å²) in [5.74, 6) is -0.0151. The molecular formula is C7H14N2O2S. The van der Waals surface area contributed by atoms with E-state index in [1.165, 1.54) is 6.08 Å². The summed E-state index contributed by atoms with van der Waals surface area (Å²) < 4.78 is 24.8. The van der Waals surface area contributed by atoms with Crippen LogP contribution in [0.2, 0.25) is 0 Å². The second-order valence-corrected chi connectivity index (χ2v) is 4.91. The number of rotatable bonds is 4. The first kappa shape index (κ1) is 9.70. The lowest BCUT2D eigenvalue weighted by molar-refractivity contribution is 0.327. The lowest BCUT2D eigenvalue weighted by Gasteiger charge is -2.32. The van der Waals surface area contributed by atoms with Gasteiger partial charge in [0.25, 0.3) is 0 Å². The topological polar surface area (TPSA) is 72.2 Å². The molecule has 0 aromatic heterocycles. The van der Waals surface area contributed by atoms with Gasteiger partial charge in [0, 0.05) is 12.1 Å². The Kier molecular flexibility index (Phi) is 2.87. The van der Waals surface area contributed by atoms with Crippen LogP contribution in [0.25, 0.3) is 0 Å². The summed E-state index contributed by atoms with van der Waals surface area (Å²) in [6, 6.07) is 0.214. The van der Waals surface area contributed by atoms with Gasteiger partial charge < -0.3 is 5.73 Å². The molecule has 1 aliphatic rings. The van der Waals surface area contributed by atoms with E-state index in [9.17, 15) is 8.42 Å². The van der Waals surface area contributed by atoms with Gasteiger partial charge in [0.05, 0.1) is 5.75 Å². The van der Waals surface area contributed by atoms with Gasteiger partial charge in [-0.15, -0.1) is 6.58 Å². The molecule has 0 amide bonds. The molecule has 3 N–H and O–H groups in total. The number of nitrogens with two attached hydrogens (primary N) is 1. The second-order valence-electron chi connectivity index (χ2n) is 3.12. The fourth-order valence-corrected chi connectivity index (χ4v) is 2.32. The molecule has 1 aliphatic carbocycles. The molecule has 4 nitrogen and oxygen atoms in total. The van der Waals surface area contributed by atoms with E-state index in [1.54, 1.807) is 0 Å². The Balaban J connectivity index is 2.35. The average molecular weight is 190 g/mol. The summed E-state index contributed by atoms with van der Waals surface area (Å²) >= 11 is 0. The van der Waals surface area contributed by atoms with Crippen molar-refractivity contribution >= 4 is 10.0 Å². The Morgan fingerprint density at radius 3 is 2.58 bits per heavy atom. The number of nitrogens with one attached hydrogen (secondary N) is 1. The summed E-state index contributed by atoms with van der Waals surface area (Å²) in [6.45, 7) is 3.37. The van der Waals surface area contributed by atoms with Gasteiger partial charge in [0.2, 0.25) is 10.0 Å². The van der Waals surface area contributed by atoms with Crippen LogP contribution < -0.4 is 10.5 Å². The Hall–Kier alpha value is -0.390.